The van der Waals surface area contributed by atoms with Gasteiger partial charge in [0.2, 0.25) is 17.3 Å². The van der Waals surface area contributed by atoms with Gasteiger partial charge in [-0.05, 0) is 24.8 Å². The molecule has 0 amide bonds. The highest BCUT2D eigenvalue weighted by Gasteiger charge is 2.45. The molecule has 0 radical (unpaired) electrons. The van der Waals surface area contributed by atoms with E-state index in [4.69, 9.17) is 21.1 Å². The molecule has 4 atom stereocenters. The van der Waals surface area contributed by atoms with E-state index in [2.05, 4.69) is 5.32 Å². The second-order valence-corrected chi connectivity index (χ2v) is 6.70. The van der Waals surface area contributed by atoms with Crippen LogP contribution >= 0.6 is 0 Å². The van der Waals surface area contributed by atoms with E-state index in [0.29, 0.717) is 0 Å². The molecule has 0 aromatic heterocycles. The van der Waals surface area contributed by atoms with Crippen LogP contribution < -0.4 is 11.1 Å². The Labute approximate surface area is 168 Å². The van der Waals surface area contributed by atoms with Gasteiger partial charge >= 0.3 is 23.9 Å². The normalized spacial score (nSPS) is 23.9. The summed E-state index contributed by atoms with van der Waals surface area (Å²) in [6.07, 6.45) is -0.717. The summed E-state index contributed by atoms with van der Waals surface area (Å²) in [6, 6.07) is -2.65. The number of nitrogens with one attached hydrogen (secondary N) is 1. The number of hydrogen-bond donors (Lipinski definition) is 6. The lowest BCUT2D eigenvalue weighted by Gasteiger charge is -2.35. The van der Waals surface area contributed by atoms with Crippen molar-refractivity contribution in [1.82, 2.24) is 5.32 Å². The number of carboxylic acid groups (broad SMARTS) is 4. The zero-order chi connectivity index (χ0) is 23.3. The van der Waals surface area contributed by atoms with Crippen LogP contribution in [-0.2, 0) is 33.6 Å². The van der Waals surface area contributed by atoms with Crippen molar-refractivity contribution in [2.24, 2.45) is 17.6 Å². The number of allylic oxidation sites excluding steroid dienone is 1. The van der Waals surface area contributed by atoms with Gasteiger partial charge in [0, 0.05) is 12.8 Å². The molecule has 4 unspecified atom stereocenters. The molecule has 1 aliphatic heterocycles. The Hall–Kier alpha value is -3.61. The lowest BCUT2D eigenvalue weighted by atomic mass is 9.73. The van der Waals surface area contributed by atoms with Crippen molar-refractivity contribution in [3.8, 4) is 0 Å². The highest BCUT2D eigenvalue weighted by atomic mass is 16.4. The van der Waals surface area contributed by atoms with E-state index < -0.39 is 65.1 Å². The van der Waals surface area contributed by atoms with E-state index in [1.165, 1.54) is 0 Å². The van der Waals surface area contributed by atoms with Crippen molar-refractivity contribution >= 4 is 41.2 Å². The van der Waals surface area contributed by atoms with E-state index in [1.807, 2.05) is 0 Å². The standard InChI is InChI=1S/C14H16N2O8.C3H4O3/c15-7(13(21)22)2-4-1-5-6(12(19)20)3-8(14(23)24)16-9(5)11(18)10(4)17;1-2(4)3(5)6/h4,6-8,16H,1-3,15H2,(H,19,20)(H,21,22)(H,23,24);1H3,(H,5,6). The van der Waals surface area contributed by atoms with Crippen LogP contribution in [-0.4, -0.2) is 73.7 Å². The molecule has 0 fully saturated rings. The number of carbonyl (C=O) groups excluding carboxylic acids is 3. The Morgan fingerprint density at radius 1 is 1.07 bits per heavy atom. The van der Waals surface area contributed by atoms with E-state index >= 15 is 0 Å². The van der Waals surface area contributed by atoms with Crippen LogP contribution in [0.2, 0.25) is 0 Å². The number of rotatable bonds is 6. The molecular weight excluding hydrogens is 408 g/mol. The van der Waals surface area contributed by atoms with Gasteiger partial charge in [-0.2, -0.15) is 0 Å². The molecule has 7 N–H and O–H groups in total. The predicted molar refractivity (Wildman–Crippen MR) is 94.0 cm³/mol. The highest BCUT2D eigenvalue weighted by molar-refractivity contribution is 6.45. The van der Waals surface area contributed by atoms with Crippen molar-refractivity contribution < 1.29 is 54.0 Å². The fourth-order valence-corrected chi connectivity index (χ4v) is 3.01. The molecule has 13 heteroatoms. The van der Waals surface area contributed by atoms with Crippen LogP contribution in [0.3, 0.4) is 0 Å². The van der Waals surface area contributed by atoms with E-state index in [-0.39, 0.29) is 30.5 Å². The third-order valence-corrected chi connectivity index (χ3v) is 4.57. The van der Waals surface area contributed by atoms with Gasteiger partial charge in [-0.1, -0.05) is 0 Å². The third kappa shape index (κ3) is 5.70. The van der Waals surface area contributed by atoms with Crippen LogP contribution in [0.4, 0.5) is 0 Å². The number of Topliss-reactive ketones (excluding diaryl/α,β-unsaturated/α-hetero) is 3. The molecule has 0 aromatic carbocycles. The first-order valence-corrected chi connectivity index (χ1v) is 8.53. The number of carboxylic acids is 4. The minimum Gasteiger partial charge on any atom is -0.481 e. The molecule has 1 aliphatic carbocycles. The topological polar surface area (TPSA) is 238 Å². The summed E-state index contributed by atoms with van der Waals surface area (Å²) >= 11 is 0. The maximum atomic E-state index is 12.2. The lowest BCUT2D eigenvalue weighted by Crippen LogP contribution is -2.51. The number of nitrogens with two attached hydrogens (primary N) is 1. The molecule has 0 saturated carbocycles. The van der Waals surface area contributed by atoms with E-state index in [9.17, 15) is 38.7 Å². The van der Waals surface area contributed by atoms with Crippen molar-refractivity contribution in [2.75, 3.05) is 0 Å². The zero-order valence-electron chi connectivity index (χ0n) is 15.7. The smallest absolute Gasteiger partial charge is 0.371 e. The predicted octanol–water partition coefficient (Wildman–Crippen LogP) is -1.99. The SMILES string of the molecule is CC(=O)C(=O)O.NC(CC1CC2=C(NC(C(=O)O)CC2C(=O)O)C(=O)C1=O)C(=O)O. The molecule has 164 valence electrons. The average molecular weight is 428 g/mol. The Morgan fingerprint density at radius 3 is 2.00 bits per heavy atom. The van der Waals surface area contributed by atoms with Gasteiger partial charge in [0.25, 0.3) is 0 Å². The lowest BCUT2D eigenvalue weighted by molar-refractivity contribution is -0.148. The van der Waals surface area contributed by atoms with Gasteiger partial charge in [-0.15, -0.1) is 0 Å². The summed E-state index contributed by atoms with van der Waals surface area (Å²) in [5.74, 6) is -10.4. The van der Waals surface area contributed by atoms with Gasteiger partial charge in [-0.3, -0.25) is 24.0 Å². The Morgan fingerprint density at radius 2 is 1.60 bits per heavy atom. The molecule has 1 heterocycles. The highest BCUT2D eigenvalue weighted by Crippen LogP contribution is 2.36. The summed E-state index contributed by atoms with van der Waals surface area (Å²) in [7, 11) is 0. The Balaban J connectivity index is 0.000000656. The molecule has 2 rings (SSSR count). The number of ketones is 3. The Bertz CT molecular complexity index is 833. The molecule has 13 nitrogen and oxygen atoms in total. The largest absolute Gasteiger partial charge is 0.481 e. The first-order chi connectivity index (χ1) is 13.8. The fourth-order valence-electron chi connectivity index (χ4n) is 3.01. The summed E-state index contributed by atoms with van der Waals surface area (Å²) in [5, 5.41) is 37.3. The number of hydrogen-bond acceptors (Lipinski definition) is 9. The molecule has 30 heavy (non-hydrogen) atoms. The van der Waals surface area contributed by atoms with Crippen LogP contribution in [0.25, 0.3) is 0 Å². The van der Waals surface area contributed by atoms with Crippen molar-refractivity contribution in [1.29, 1.82) is 0 Å². The van der Waals surface area contributed by atoms with Crippen LogP contribution in [0.1, 0.15) is 26.2 Å². The maximum Gasteiger partial charge on any atom is 0.371 e. The quantitative estimate of drug-likeness (QED) is 0.251. The summed E-state index contributed by atoms with van der Waals surface area (Å²) in [6.45, 7) is 1.00. The van der Waals surface area contributed by atoms with Crippen LogP contribution in [0.5, 0.6) is 0 Å². The zero-order valence-corrected chi connectivity index (χ0v) is 15.7. The van der Waals surface area contributed by atoms with Gasteiger partial charge in [0.15, 0.2) is 0 Å². The second kappa shape index (κ2) is 9.73. The van der Waals surface area contributed by atoms with Gasteiger partial charge in [-0.25, -0.2) is 9.59 Å². The first kappa shape index (κ1) is 24.4. The van der Waals surface area contributed by atoms with Crippen LogP contribution in [0, 0.1) is 11.8 Å². The molecule has 0 bridgehead atoms. The molecular formula is C17H20N2O11. The monoisotopic (exact) mass is 428 g/mol. The first-order valence-electron chi connectivity index (χ1n) is 8.53. The maximum absolute atomic E-state index is 12.2. The average Bonchev–Trinajstić information content (AvgIpc) is 2.65. The summed E-state index contributed by atoms with van der Waals surface area (Å²) < 4.78 is 0. The minimum atomic E-state index is -1.38. The molecule has 0 aromatic rings. The van der Waals surface area contributed by atoms with E-state index in [0.717, 1.165) is 6.92 Å². The van der Waals surface area contributed by atoms with Gasteiger partial charge in [0.1, 0.15) is 12.1 Å². The van der Waals surface area contributed by atoms with E-state index in [1.54, 1.807) is 0 Å². The minimum absolute atomic E-state index is 0.118. The van der Waals surface area contributed by atoms with Crippen molar-refractivity contribution in [3.63, 3.8) is 0 Å². The number of aliphatic carboxylic acids is 4. The fraction of sp³-hybridized carbons (Fsp3) is 0.471. The Kier molecular flexibility index (Phi) is 7.93. The van der Waals surface area contributed by atoms with Crippen molar-refractivity contribution in [3.05, 3.63) is 11.3 Å². The summed E-state index contributed by atoms with van der Waals surface area (Å²) in [4.78, 5) is 76.6. The van der Waals surface area contributed by atoms with Gasteiger partial charge in [0.05, 0.1) is 11.6 Å². The van der Waals surface area contributed by atoms with Crippen LogP contribution in [0.15, 0.2) is 11.3 Å². The summed E-state index contributed by atoms with van der Waals surface area (Å²) in [5.41, 5.74) is 5.21. The number of carbonyl (C=O) groups is 7. The van der Waals surface area contributed by atoms with Crippen molar-refractivity contribution in [2.45, 2.75) is 38.3 Å². The van der Waals surface area contributed by atoms with Gasteiger partial charge < -0.3 is 31.5 Å². The molecule has 0 spiro atoms. The second-order valence-electron chi connectivity index (χ2n) is 6.70. The molecule has 2 aliphatic rings. The molecule has 0 saturated heterocycles. The third-order valence-electron chi connectivity index (χ3n) is 4.57.